The van der Waals surface area contributed by atoms with Gasteiger partial charge in [-0.25, -0.2) is 4.98 Å². The Morgan fingerprint density at radius 1 is 1.19 bits per heavy atom. The molecule has 31 heavy (non-hydrogen) atoms. The van der Waals surface area contributed by atoms with Gasteiger partial charge in [-0.2, -0.15) is 5.26 Å². The molecule has 0 radical (unpaired) electrons. The Hall–Kier alpha value is -3.18. The number of anilines is 1. The summed E-state index contributed by atoms with van der Waals surface area (Å²) < 4.78 is 0. The number of carbonyl (C=O) groups excluding carboxylic acids is 2. The van der Waals surface area contributed by atoms with Crippen molar-refractivity contribution in [1.82, 2.24) is 10.3 Å². The van der Waals surface area contributed by atoms with Crippen LogP contribution >= 0.6 is 34.5 Å². The summed E-state index contributed by atoms with van der Waals surface area (Å²) >= 11 is 13.5. The van der Waals surface area contributed by atoms with E-state index in [9.17, 15) is 14.9 Å². The summed E-state index contributed by atoms with van der Waals surface area (Å²) in [5.74, 6) is -0.785. The number of thiazole rings is 1. The van der Waals surface area contributed by atoms with Crippen LogP contribution in [0, 0.1) is 11.3 Å². The number of nitriles is 1. The number of aromatic nitrogens is 1. The molecule has 0 aliphatic heterocycles. The molecule has 2 aromatic carbocycles. The van der Waals surface area contributed by atoms with Crippen LogP contribution in [0.5, 0.6) is 0 Å². The van der Waals surface area contributed by atoms with Crippen molar-refractivity contribution < 1.29 is 9.59 Å². The molecular formula is C22H16Cl2N4O2S. The molecule has 0 unspecified atom stereocenters. The lowest BCUT2D eigenvalue weighted by molar-refractivity contribution is -0.112. The Kier molecular flexibility index (Phi) is 7.42. The Bertz CT molecular complexity index is 1200. The normalized spacial score (nSPS) is 11.0. The van der Waals surface area contributed by atoms with E-state index in [4.69, 9.17) is 23.2 Å². The van der Waals surface area contributed by atoms with Crippen molar-refractivity contribution in [1.29, 1.82) is 5.26 Å². The second kappa shape index (κ2) is 10.2. The number of rotatable bonds is 6. The first kappa shape index (κ1) is 22.5. The van der Waals surface area contributed by atoms with Crippen LogP contribution in [0.3, 0.4) is 0 Å². The van der Waals surface area contributed by atoms with Crippen LogP contribution in [0.4, 0.5) is 5.13 Å². The Labute approximate surface area is 193 Å². The fourth-order valence-electron chi connectivity index (χ4n) is 2.67. The third-order valence-corrected chi connectivity index (χ3v) is 5.74. The minimum atomic E-state index is -0.570. The summed E-state index contributed by atoms with van der Waals surface area (Å²) in [7, 11) is 1.54. The topological polar surface area (TPSA) is 94.9 Å². The van der Waals surface area contributed by atoms with E-state index in [1.807, 2.05) is 6.07 Å². The maximum atomic E-state index is 12.5. The van der Waals surface area contributed by atoms with Gasteiger partial charge in [-0.15, -0.1) is 11.3 Å². The first-order valence-electron chi connectivity index (χ1n) is 9.03. The lowest BCUT2D eigenvalue weighted by Gasteiger charge is -2.03. The number of amides is 2. The van der Waals surface area contributed by atoms with Crippen LogP contribution < -0.4 is 10.6 Å². The molecule has 0 atom stereocenters. The number of nitrogens with zero attached hydrogens (tertiary/aromatic N) is 2. The highest BCUT2D eigenvalue weighted by Gasteiger charge is 2.13. The number of nitrogens with one attached hydrogen (secondary N) is 2. The molecule has 156 valence electrons. The largest absolute Gasteiger partial charge is 0.355 e. The number of carbonyl (C=O) groups is 2. The van der Waals surface area contributed by atoms with Gasteiger partial charge in [0, 0.05) is 40.2 Å². The third-order valence-electron chi connectivity index (χ3n) is 4.22. The Morgan fingerprint density at radius 2 is 1.94 bits per heavy atom. The number of halogens is 2. The molecule has 3 aromatic rings. The monoisotopic (exact) mass is 470 g/mol. The van der Waals surface area contributed by atoms with Gasteiger partial charge in [-0.1, -0.05) is 35.3 Å². The lowest BCUT2D eigenvalue weighted by Crippen LogP contribution is -2.17. The van der Waals surface area contributed by atoms with Crippen molar-refractivity contribution in [3.05, 3.63) is 85.8 Å². The predicted octanol–water partition coefficient (Wildman–Crippen LogP) is 4.95. The minimum Gasteiger partial charge on any atom is -0.355 e. The van der Waals surface area contributed by atoms with E-state index in [0.29, 0.717) is 32.7 Å². The van der Waals surface area contributed by atoms with Gasteiger partial charge < -0.3 is 5.32 Å². The van der Waals surface area contributed by atoms with Gasteiger partial charge >= 0.3 is 0 Å². The smallest absolute Gasteiger partial charge is 0.268 e. The molecule has 3 rings (SSSR count). The quantitative estimate of drug-likeness (QED) is 0.393. The van der Waals surface area contributed by atoms with E-state index >= 15 is 0 Å². The summed E-state index contributed by atoms with van der Waals surface area (Å²) in [6, 6.07) is 13.7. The molecule has 0 saturated heterocycles. The fraction of sp³-hybridized carbons (Fsp3) is 0.0909. The van der Waals surface area contributed by atoms with Crippen molar-refractivity contribution in [3.63, 3.8) is 0 Å². The first-order valence-corrected chi connectivity index (χ1v) is 10.6. The molecule has 2 N–H and O–H groups in total. The van der Waals surface area contributed by atoms with Crippen LogP contribution in [0.2, 0.25) is 10.0 Å². The highest BCUT2D eigenvalue weighted by molar-refractivity contribution is 7.15. The zero-order valence-electron chi connectivity index (χ0n) is 16.3. The molecule has 1 heterocycles. The van der Waals surface area contributed by atoms with E-state index in [1.165, 1.54) is 17.4 Å². The average Bonchev–Trinajstić information content (AvgIpc) is 3.21. The Balaban J connectivity index is 1.70. The summed E-state index contributed by atoms with van der Waals surface area (Å²) in [5, 5.41) is 16.1. The molecule has 0 aliphatic carbocycles. The highest BCUT2D eigenvalue weighted by Crippen LogP contribution is 2.27. The summed E-state index contributed by atoms with van der Waals surface area (Å²) in [6.45, 7) is 0. The number of hydrogen-bond donors (Lipinski definition) is 2. The van der Waals surface area contributed by atoms with Gasteiger partial charge in [-0.05, 0) is 47.5 Å². The summed E-state index contributed by atoms with van der Waals surface area (Å²) in [5.41, 5.74) is 1.88. The van der Waals surface area contributed by atoms with Gasteiger partial charge in [-0.3, -0.25) is 14.9 Å². The second-order valence-corrected chi connectivity index (χ2v) is 8.33. The van der Waals surface area contributed by atoms with Crippen LogP contribution in [-0.2, 0) is 11.2 Å². The zero-order valence-corrected chi connectivity index (χ0v) is 18.6. The van der Waals surface area contributed by atoms with E-state index in [-0.39, 0.29) is 11.5 Å². The van der Waals surface area contributed by atoms with Gasteiger partial charge in [0.15, 0.2) is 5.13 Å². The molecule has 1 aromatic heterocycles. The fourth-order valence-corrected chi connectivity index (χ4v) is 3.88. The van der Waals surface area contributed by atoms with Crippen LogP contribution in [0.25, 0.3) is 6.08 Å². The van der Waals surface area contributed by atoms with Gasteiger partial charge in [0.2, 0.25) is 0 Å². The zero-order chi connectivity index (χ0) is 22.4. The molecule has 0 bridgehead atoms. The maximum Gasteiger partial charge on any atom is 0.268 e. The van der Waals surface area contributed by atoms with Crippen molar-refractivity contribution in [2.24, 2.45) is 0 Å². The minimum absolute atomic E-state index is 0.0812. The van der Waals surface area contributed by atoms with E-state index in [1.54, 1.807) is 55.7 Å². The lowest BCUT2D eigenvalue weighted by atomic mass is 10.1. The standard InChI is InChI=1S/C22H16Cl2N4O2S/c1-26-20(29)14-4-2-13(3-5-14)8-16(11-25)21(30)28-22-27-12-18(31-22)10-15-9-17(23)6-7-19(15)24/h2-9,12H,10H2,1H3,(H,26,29)(H,27,28,30)/b16-8-. The van der Waals surface area contributed by atoms with E-state index in [2.05, 4.69) is 15.6 Å². The molecule has 0 aliphatic rings. The van der Waals surface area contributed by atoms with Crippen LogP contribution in [0.15, 0.2) is 54.2 Å². The van der Waals surface area contributed by atoms with Gasteiger partial charge in [0.1, 0.15) is 11.6 Å². The van der Waals surface area contributed by atoms with Gasteiger partial charge in [0.25, 0.3) is 11.8 Å². The summed E-state index contributed by atoms with van der Waals surface area (Å²) in [4.78, 5) is 29.2. The van der Waals surface area contributed by atoms with Crippen molar-refractivity contribution in [2.75, 3.05) is 12.4 Å². The van der Waals surface area contributed by atoms with Crippen molar-refractivity contribution in [2.45, 2.75) is 6.42 Å². The van der Waals surface area contributed by atoms with Crippen molar-refractivity contribution in [3.8, 4) is 6.07 Å². The predicted molar refractivity (Wildman–Crippen MR) is 123 cm³/mol. The molecule has 0 fully saturated rings. The Morgan fingerprint density at radius 3 is 2.61 bits per heavy atom. The second-order valence-electron chi connectivity index (χ2n) is 6.37. The average molecular weight is 471 g/mol. The number of benzene rings is 2. The molecular weight excluding hydrogens is 455 g/mol. The van der Waals surface area contributed by atoms with Crippen LogP contribution in [-0.4, -0.2) is 23.8 Å². The maximum absolute atomic E-state index is 12.5. The molecule has 9 heteroatoms. The molecule has 0 saturated carbocycles. The third kappa shape index (κ3) is 5.92. The van der Waals surface area contributed by atoms with E-state index in [0.717, 1.165) is 10.4 Å². The highest BCUT2D eigenvalue weighted by atomic mass is 35.5. The van der Waals surface area contributed by atoms with Gasteiger partial charge in [0.05, 0.1) is 0 Å². The SMILES string of the molecule is CNC(=O)c1ccc(/C=C(/C#N)C(=O)Nc2ncc(Cc3cc(Cl)ccc3Cl)s2)cc1. The molecule has 6 nitrogen and oxygen atoms in total. The number of hydrogen-bond acceptors (Lipinski definition) is 5. The van der Waals surface area contributed by atoms with E-state index < -0.39 is 5.91 Å². The van der Waals surface area contributed by atoms with Crippen molar-refractivity contribution >= 4 is 57.6 Å². The summed E-state index contributed by atoms with van der Waals surface area (Å²) in [6.07, 6.45) is 3.61. The molecule has 0 spiro atoms. The first-order chi connectivity index (χ1) is 14.9. The molecule has 2 amide bonds. The van der Waals surface area contributed by atoms with Crippen LogP contribution in [0.1, 0.15) is 26.4 Å².